The van der Waals surface area contributed by atoms with E-state index >= 15 is 0 Å². The summed E-state index contributed by atoms with van der Waals surface area (Å²) < 4.78 is 0. The average Bonchev–Trinajstić information content (AvgIpc) is 2.64. The Kier molecular flexibility index (Phi) is 5.83. The topological polar surface area (TPSA) is 0 Å². The van der Waals surface area contributed by atoms with Crippen molar-refractivity contribution in [2.75, 3.05) is 6.16 Å². The van der Waals surface area contributed by atoms with Gasteiger partial charge in [0.25, 0.3) is 0 Å². The Morgan fingerprint density at radius 2 is 1.29 bits per heavy atom. The largest absolute Gasteiger partial charge is 0.0622 e. The zero-order chi connectivity index (χ0) is 16.8. The van der Waals surface area contributed by atoms with Gasteiger partial charge in [0.1, 0.15) is 0 Å². The normalized spacial score (nSPS) is 11.2. The molecule has 0 saturated heterocycles. The standard InChI is InChI=1S/C23H25P/c1-19(2)21-11-9-10-20(18-21)16-17-24(22-12-5-3-6-13-22)23-14-7-4-8-15-23/h3-15,18-19H,16-17H2,1-2H3. The molecule has 0 aromatic heterocycles. The molecule has 0 radical (unpaired) electrons. The van der Waals surface area contributed by atoms with E-state index in [-0.39, 0.29) is 7.92 Å². The van der Waals surface area contributed by atoms with Crippen molar-refractivity contribution in [3.05, 3.63) is 96.1 Å². The molecule has 1 heteroatoms. The maximum absolute atomic E-state index is 2.38. The third-order valence-corrected chi connectivity index (χ3v) is 6.89. The SMILES string of the molecule is CC(C)c1cccc(CCP(c2ccccc2)c2ccccc2)c1. The zero-order valence-electron chi connectivity index (χ0n) is 14.5. The van der Waals surface area contributed by atoms with E-state index < -0.39 is 0 Å². The molecule has 0 unspecified atom stereocenters. The van der Waals surface area contributed by atoms with Crippen molar-refractivity contribution in [2.24, 2.45) is 0 Å². The van der Waals surface area contributed by atoms with Gasteiger partial charge in [-0.05, 0) is 48.2 Å². The first-order valence-electron chi connectivity index (χ1n) is 8.70. The molecular weight excluding hydrogens is 307 g/mol. The summed E-state index contributed by atoms with van der Waals surface area (Å²) >= 11 is 0. The van der Waals surface area contributed by atoms with Crippen LogP contribution < -0.4 is 10.6 Å². The van der Waals surface area contributed by atoms with Crippen LogP contribution in [-0.2, 0) is 6.42 Å². The summed E-state index contributed by atoms with van der Waals surface area (Å²) in [6.45, 7) is 4.53. The van der Waals surface area contributed by atoms with Gasteiger partial charge in [-0.1, -0.05) is 98.8 Å². The van der Waals surface area contributed by atoms with Crippen LogP contribution in [0.1, 0.15) is 30.9 Å². The van der Waals surface area contributed by atoms with E-state index in [9.17, 15) is 0 Å². The second-order valence-electron chi connectivity index (χ2n) is 6.47. The van der Waals surface area contributed by atoms with Gasteiger partial charge in [-0.25, -0.2) is 0 Å². The van der Waals surface area contributed by atoms with Crippen LogP contribution in [-0.4, -0.2) is 6.16 Å². The van der Waals surface area contributed by atoms with E-state index in [0.29, 0.717) is 5.92 Å². The minimum absolute atomic E-state index is 0.300. The van der Waals surface area contributed by atoms with E-state index in [4.69, 9.17) is 0 Å². The summed E-state index contributed by atoms with van der Waals surface area (Å²) in [4.78, 5) is 0. The minimum Gasteiger partial charge on any atom is -0.0622 e. The van der Waals surface area contributed by atoms with Gasteiger partial charge in [0.2, 0.25) is 0 Å². The summed E-state index contributed by atoms with van der Waals surface area (Å²) in [6, 6.07) is 31.1. The first kappa shape index (κ1) is 16.9. The van der Waals surface area contributed by atoms with Crippen LogP contribution in [0, 0.1) is 0 Å². The molecule has 3 aromatic rings. The van der Waals surface area contributed by atoms with Gasteiger partial charge in [-0.2, -0.15) is 0 Å². The molecule has 0 atom stereocenters. The van der Waals surface area contributed by atoms with Crippen molar-refractivity contribution >= 4 is 18.5 Å². The Morgan fingerprint density at radius 3 is 1.83 bits per heavy atom. The monoisotopic (exact) mass is 332 g/mol. The van der Waals surface area contributed by atoms with Crippen LogP contribution in [0.5, 0.6) is 0 Å². The van der Waals surface area contributed by atoms with Crippen LogP contribution in [0.3, 0.4) is 0 Å². The molecule has 0 saturated carbocycles. The molecule has 0 nitrogen and oxygen atoms in total. The maximum atomic E-state index is 2.38. The van der Waals surface area contributed by atoms with E-state index in [1.807, 2.05) is 0 Å². The molecule has 0 spiro atoms. The molecule has 122 valence electrons. The van der Waals surface area contributed by atoms with Crippen LogP contribution in [0.2, 0.25) is 0 Å². The molecule has 3 aromatic carbocycles. The third kappa shape index (κ3) is 4.34. The van der Waals surface area contributed by atoms with Gasteiger partial charge in [0.05, 0.1) is 0 Å². The number of benzene rings is 3. The highest BCUT2D eigenvalue weighted by Crippen LogP contribution is 2.34. The Morgan fingerprint density at radius 1 is 0.708 bits per heavy atom. The predicted octanol–water partition coefficient (Wildman–Crippen LogP) is 5.49. The molecule has 0 aliphatic carbocycles. The number of rotatable bonds is 6. The Balaban J connectivity index is 1.82. The highest BCUT2D eigenvalue weighted by molar-refractivity contribution is 7.73. The lowest BCUT2D eigenvalue weighted by Crippen LogP contribution is -2.14. The summed E-state index contributed by atoms with van der Waals surface area (Å²) in [6.07, 6.45) is 2.33. The molecule has 3 rings (SSSR count). The molecule has 0 aliphatic rings. The van der Waals surface area contributed by atoms with Crippen molar-refractivity contribution in [3.63, 3.8) is 0 Å². The average molecular weight is 332 g/mol. The second-order valence-corrected chi connectivity index (χ2v) is 8.81. The van der Waals surface area contributed by atoms with Gasteiger partial charge in [0.15, 0.2) is 0 Å². The Hall–Kier alpha value is -1.91. The van der Waals surface area contributed by atoms with E-state index in [1.54, 1.807) is 0 Å². The number of hydrogen-bond acceptors (Lipinski definition) is 0. The highest BCUT2D eigenvalue weighted by Gasteiger charge is 2.13. The summed E-state index contributed by atoms with van der Waals surface area (Å²) in [5.74, 6) is 0.592. The van der Waals surface area contributed by atoms with Crippen LogP contribution >= 0.6 is 7.92 Å². The van der Waals surface area contributed by atoms with Crippen molar-refractivity contribution < 1.29 is 0 Å². The molecule has 0 aliphatic heterocycles. The van der Waals surface area contributed by atoms with Crippen molar-refractivity contribution in [1.82, 2.24) is 0 Å². The van der Waals surface area contributed by atoms with Crippen molar-refractivity contribution in [3.8, 4) is 0 Å². The van der Waals surface area contributed by atoms with Crippen LogP contribution in [0.4, 0.5) is 0 Å². The smallest absolute Gasteiger partial charge is 0.0195 e. The lowest BCUT2D eigenvalue weighted by molar-refractivity contribution is 0.862. The van der Waals surface area contributed by atoms with Crippen molar-refractivity contribution in [1.29, 1.82) is 0 Å². The molecule has 0 N–H and O–H groups in total. The molecular formula is C23H25P. The maximum Gasteiger partial charge on any atom is -0.0195 e. The zero-order valence-corrected chi connectivity index (χ0v) is 15.4. The predicted molar refractivity (Wildman–Crippen MR) is 108 cm³/mol. The lowest BCUT2D eigenvalue weighted by atomic mass is 10.0. The number of aryl methyl sites for hydroxylation is 1. The Bertz CT molecular complexity index is 708. The fourth-order valence-corrected chi connectivity index (χ4v) is 5.33. The highest BCUT2D eigenvalue weighted by atomic mass is 31.1. The molecule has 0 amide bonds. The van der Waals surface area contributed by atoms with Crippen LogP contribution in [0.25, 0.3) is 0 Å². The van der Waals surface area contributed by atoms with Crippen molar-refractivity contribution in [2.45, 2.75) is 26.2 Å². The minimum atomic E-state index is -0.300. The van der Waals surface area contributed by atoms with Gasteiger partial charge in [-0.15, -0.1) is 0 Å². The van der Waals surface area contributed by atoms with Crippen LogP contribution in [0.15, 0.2) is 84.9 Å². The summed E-state index contributed by atoms with van der Waals surface area (Å²) in [5.41, 5.74) is 2.90. The second kappa shape index (κ2) is 8.27. The van der Waals surface area contributed by atoms with Gasteiger partial charge < -0.3 is 0 Å². The molecule has 0 bridgehead atoms. The molecule has 0 fully saturated rings. The fraction of sp³-hybridized carbons (Fsp3) is 0.217. The quantitative estimate of drug-likeness (QED) is 0.524. The molecule has 24 heavy (non-hydrogen) atoms. The van der Waals surface area contributed by atoms with E-state index in [2.05, 4.69) is 98.8 Å². The van der Waals surface area contributed by atoms with E-state index in [0.717, 1.165) is 6.42 Å². The number of hydrogen-bond donors (Lipinski definition) is 0. The third-order valence-electron chi connectivity index (χ3n) is 4.38. The summed E-state index contributed by atoms with van der Waals surface area (Å²) in [5, 5.41) is 2.94. The first-order valence-corrected chi connectivity index (χ1v) is 10.2. The van der Waals surface area contributed by atoms with Gasteiger partial charge in [0, 0.05) is 0 Å². The lowest BCUT2D eigenvalue weighted by Gasteiger charge is -2.19. The molecule has 0 heterocycles. The van der Waals surface area contributed by atoms with Gasteiger partial charge >= 0.3 is 0 Å². The summed E-state index contributed by atoms with van der Waals surface area (Å²) in [7, 11) is -0.300. The van der Waals surface area contributed by atoms with Gasteiger partial charge in [-0.3, -0.25) is 0 Å². The first-order chi connectivity index (χ1) is 11.7. The van der Waals surface area contributed by atoms with E-state index in [1.165, 1.54) is 27.9 Å². The Labute approximate surface area is 147 Å². The fourth-order valence-electron chi connectivity index (χ4n) is 2.97.